The van der Waals surface area contributed by atoms with Crippen molar-refractivity contribution in [2.24, 2.45) is 10.9 Å². The Labute approximate surface area is 57.9 Å². The SMILES string of the molecule is C[C@](N)(C(=O)O)S(N)(=O)=O. The van der Waals surface area contributed by atoms with Crippen molar-refractivity contribution in [2.45, 2.75) is 11.8 Å². The molecule has 0 saturated carbocycles. The summed E-state index contributed by atoms with van der Waals surface area (Å²) in [6.45, 7) is 0.810. The highest BCUT2D eigenvalue weighted by Gasteiger charge is 2.40. The number of aliphatic carboxylic acids is 1. The summed E-state index contributed by atoms with van der Waals surface area (Å²) in [5, 5.41) is 12.7. The molecule has 0 aromatic carbocycles. The van der Waals surface area contributed by atoms with E-state index >= 15 is 0 Å². The van der Waals surface area contributed by atoms with Crippen molar-refractivity contribution in [1.29, 1.82) is 0 Å². The molecule has 7 heteroatoms. The molecule has 6 nitrogen and oxygen atoms in total. The molecule has 0 aliphatic rings. The first kappa shape index (κ1) is 9.34. The molecule has 0 saturated heterocycles. The normalized spacial score (nSPS) is 17.9. The molecule has 0 heterocycles. The maximum atomic E-state index is 10.4. The smallest absolute Gasteiger partial charge is 0.340 e. The van der Waals surface area contributed by atoms with Crippen molar-refractivity contribution >= 4 is 16.0 Å². The standard InChI is InChI=1S/C3H8N2O4S/c1-3(4,2(6)7)10(5,8)9/h4H2,1H3,(H,6,7)(H2,5,8,9)/t3-/m1/s1. The highest BCUT2D eigenvalue weighted by atomic mass is 32.2. The quantitative estimate of drug-likeness (QED) is 0.441. The van der Waals surface area contributed by atoms with E-state index in [1.54, 1.807) is 0 Å². The van der Waals surface area contributed by atoms with Gasteiger partial charge in [-0.25, -0.2) is 18.4 Å². The van der Waals surface area contributed by atoms with Crippen LogP contribution < -0.4 is 10.9 Å². The maximum absolute atomic E-state index is 10.4. The molecule has 0 aromatic rings. The van der Waals surface area contributed by atoms with E-state index in [1.807, 2.05) is 0 Å². The van der Waals surface area contributed by atoms with E-state index in [-0.39, 0.29) is 0 Å². The van der Waals surface area contributed by atoms with Crippen LogP contribution >= 0.6 is 0 Å². The van der Waals surface area contributed by atoms with Gasteiger partial charge in [0.1, 0.15) is 0 Å². The van der Waals surface area contributed by atoms with Gasteiger partial charge in [0.05, 0.1) is 0 Å². The highest BCUT2D eigenvalue weighted by Crippen LogP contribution is 2.04. The van der Waals surface area contributed by atoms with Crippen LogP contribution in [-0.4, -0.2) is 24.4 Å². The molecular weight excluding hydrogens is 160 g/mol. The minimum Gasteiger partial charge on any atom is -0.479 e. The number of nitrogens with two attached hydrogens (primary N) is 2. The molecule has 5 N–H and O–H groups in total. The first-order valence-corrected chi connectivity index (χ1v) is 3.79. The summed E-state index contributed by atoms with van der Waals surface area (Å²) in [4.78, 5) is 7.69. The molecule has 0 unspecified atom stereocenters. The topological polar surface area (TPSA) is 123 Å². The van der Waals surface area contributed by atoms with Crippen LogP contribution in [-0.2, 0) is 14.8 Å². The Hall–Kier alpha value is -0.660. The van der Waals surface area contributed by atoms with Gasteiger partial charge in [-0.1, -0.05) is 0 Å². The van der Waals surface area contributed by atoms with Crippen molar-refractivity contribution in [3.8, 4) is 0 Å². The first-order valence-electron chi connectivity index (χ1n) is 2.24. The van der Waals surface area contributed by atoms with Gasteiger partial charge in [0.2, 0.25) is 14.9 Å². The molecule has 1 atom stereocenters. The summed E-state index contributed by atoms with van der Waals surface area (Å²) in [5.74, 6) is -1.67. The van der Waals surface area contributed by atoms with Gasteiger partial charge < -0.3 is 10.8 Å². The van der Waals surface area contributed by atoms with Crippen LogP contribution in [0.2, 0.25) is 0 Å². The van der Waals surface area contributed by atoms with Gasteiger partial charge in [0.15, 0.2) is 0 Å². The van der Waals surface area contributed by atoms with Crippen LogP contribution in [0, 0.1) is 0 Å². The molecule has 0 aliphatic heterocycles. The van der Waals surface area contributed by atoms with E-state index in [0.29, 0.717) is 0 Å². The van der Waals surface area contributed by atoms with Gasteiger partial charge in [0.25, 0.3) is 0 Å². The van der Waals surface area contributed by atoms with Crippen LogP contribution in [0.4, 0.5) is 0 Å². The number of hydrogen-bond donors (Lipinski definition) is 3. The summed E-state index contributed by atoms with van der Waals surface area (Å²) < 4.78 is 20.7. The fourth-order valence-corrected chi connectivity index (χ4v) is 0.365. The van der Waals surface area contributed by atoms with Gasteiger partial charge in [-0.15, -0.1) is 0 Å². The molecule has 0 radical (unpaired) electrons. The molecule has 0 fully saturated rings. The molecular formula is C3H8N2O4S. The lowest BCUT2D eigenvalue weighted by molar-refractivity contribution is -0.139. The summed E-state index contributed by atoms with van der Waals surface area (Å²) >= 11 is 0. The summed E-state index contributed by atoms with van der Waals surface area (Å²) in [5.41, 5.74) is 4.82. The van der Waals surface area contributed by atoms with Crippen LogP contribution in [0.3, 0.4) is 0 Å². The molecule has 0 amide bonds. The Bertz CT molecular complexity index is 241. The monoisotopic (exact) mass is 168 g/mol. The predicted molar refractivity (Wildman–Crippen MR) is 33.3 cm³/mol. The van der Waals surface area contributed by atoms with Gasteiger partial charge >= 0.3 is 5.97 Å². The van der Waals surface area contributed by atoms with E-state index in [4.69, 9.17) is 10.8 Å². The van der Waals surface area contributed by atoms with E-state index < -0.39 is 20.9 Å². The van der Waals surface area contributed by atoms with Crippen molar-refractivity contribution in [1.82, 2.24) is 0 Å². The largest absolute Gasteiger partial charge is 0.479 e. The highest BCUT2D eigenvalue weighted by molar-refractivity contribution is 7.91. The predicted octanol–water partition coefficient (Wildman–Crippen LogP) is -1.97. The fourth-order valence-electron chi connectivity index (χ4n) is 0.122. The second-order valence-corrected chi connectivity index (χ2v) is 3.90. The Balaban J connectivity index is 4.95. The molecule has 0 aromatic heterocycles. The molecule has 0 bridgehead atoms. The van der Waals surface area contributed by atoms with E-state index in [9.17, 15) is 13.2 Å². The minimum atomic E-state index is -4.22. The molecule has 60 valence electrons. The number of carbonyl (C=O) groups is 1. The average molecular weight is 168 g/mol. The zero-order chi connectivity index (χ0) is 8.58. The summed E-state index contributed by atoms with van der Waals surface area (Å²) in [6, 6.07) is 0. The first-order chi connectivity index (χ1) is 4.19. The van der Waals surface area contributed by atoms with E-state index in [0.717, 1.165) is 6.92 Å². The Morgan fingerprint density at radius 1 is 1.60 bits per heavy atom. The lowest BCUT2D eigenvalue weighted by Gasteiger charge is -2.14. The lowest BCUT2D eigenvalue weighted by Crippen LogP contribution is -2.54. The zero-order valence-corrected chi connectivity index (χ0v) is 6.05. The number of carboxylic acids is 1. The van der Waals surface area contributed by atoms with Crippen molar-refractivity contribution in [2.75, 3.05) is 0 Å². The fraction of sp³-hybridized carbons (Fsp3) is 0.667. The van der Waals surface area contributed by atoms with Crippen molar-refractivity contribution in [3.63, 3.8) is 0 Å². The van der Waals surface area contributed by atoms with E-state index in [2.05, 4.69) is 5.14 Å². The number of rotatable bonds is 2. The minimum absolute atomic E-state index is 0.810. The molecule has 0 rings (SSSR count). The Morgan fingerprint density at radius 3 is 1.90 bits per heavy atom. The third-order valence-corrected chi connectivity index (χ3v) is 2.37. The summed E-state index contributed by atoms with van der Waals surface area (Å²) in [7, 11) is -4.22. The third kappa shape index (κ3) is 1.43. The number of sulfonamides is 1. The second-order valence-electron chi connectivity index (χ2n) is 1.96. The lowest BCUT2D eigenvalue weighted by atomic mass is 10.4. The Morgan fingerprint density at radius 2 is 1.90 bits per heavy atom. The number of carboxylic acid groups (broad SMARTS) is 1. The average Bonchev–Trinajstić information content (AvgIpc) is 1.62. The van der Waals surface area contributed by atoms with Gasteiger partial charge in [-0.2, -0.15) is 0 Å². The maximum Gasteiger partial charge on any atom is 0.340 e. The van der Waals surface area contributed by atoms with Crippen LogP contribution in [0.25, 0.3) is 0 Å². The van der Waals surface area contributed by atoms with Crippen LogP contribution in [0.1, 0.15) is 6.92 Å². The number of primary sulfonamides is 1. The Kier molecular flexibility index (Phi) is 2.04. The van der Waals surface area contributed by atoms with Gasteiger partial charge in [-0.3, -0.25) is 0 Å². The third-order valence-electron chi connectivity index (χ3n) is 1.02. The van der Waals surface area contributed by atoms with Crippen molar-refractivity contribution < 1.29 is 18.3 Å². The molecule has 0 aliphatic carbocycles. The zero-order valence-electron chi connectivity index (χ0n) is 5.23. The number of hydrogen-bond acceptors (Lipinski definition) is 4. The van der Waals surface area contributed by atoms with E-state index in [1.165, 1.54) is 0 Å². The second kappa shape index (κ2) is 2.19. The van der Waals surface area contributed by atoms with Gasteiger partial charge in [0, 0.05) is 0 Å². The van der Waals surface area contributed by atoms with Gasteiger partial charge in [-0.05, 0) is 6.92 Å². The summed E-state index contributed by atoms with van der Waals surface area (Å²) in [6.07, 6.45) is 0. The van der Waals surface area contributed by atoms with Crippen molar-refractivity contribution in [3.05, 3.63) is 0 Å². The molecule has 10 heavy (non-hydrogen) atoms. The van der Waals surface area contributed by atoms with Crippen LogP contribution in [0.15, 0.2) is 0 Å². The molecule has 0 spiro atoms. The van der Waals surface area contributed by atoms with Crippen LogP contribution in [0.5, 0.6) is 0 Å².